The van der Waals surface area contributed by atoms with Gasteiger partial charge in [-0.15, -0.1) is 0 Å². The molecule has 0 heterocycles. The highest BCUT2D eigenvalue weighted by Crippen LogP contribution is 2.26. The van der Waals surface area contributed by atoms with Gasteiger partial charge >= 0.3 is 5.97 Å². The monoisotopic (exact) mass is 404 g/mol. The van der Waals surface area contributed by atoms with E-state index in [1.807, 2.05) is 6.92 Å². The van der Waals surface area contributed by atoms with Gasteiger partial charge in [-0.3, -0.25) is 9.52 Å². The van der Waals surface area contributed by atoms with Gasteiger partial charge in [-0.2, -0.15) is 0 Å². The summed E-state index contributed by atoms with van der Waals surface area (Å²) < 4.78 is 33.4. The van der Waals surface area contributed by atoms with Crippen LogP contribution in [0.25, 0.3) is 0 Å². The van der Waals surface area contributed by atoms with Gasteiger partial charge in [-0.1, -0.05) is 23.8 Å². The zero-order chi connectivity index (χ0) is 21.2. The number of sulfonamides is 1. The van der Waals surface area contributed by atoms with Gasteiger partial charge in [0.25, 0.3) is 15.9 Å². The summed E-state index contributed by atoms with van der Waals surface area (Å²) >= 11 is 0. The van der Waals surface area contributed by atoms with Crippen molar-refractivity contribution in [1.29, 1.82) is 0 Å². The number of nitrogens with one attached hydrogen (secondary N) is 1. The van der Waals surface area contributed by atoms with Crippen LogP contribution in [0.4, 0.5) is 5.69 Å². The Kier molecular flexibility index (Phi) is 6.14. The Morgan fingerprint density at radius 2 is 1.57 bits per heavy atom. The molecule has 0 radical (unpaired) electrons. The topological polar surface area (TPSA) is 116 Å². The van der Waals surface area contributed by atoms with Gasteiger partial charge in [0.15, 0.2) is 6.10 Å². The highest BCUT2D eigenvalue weighted by Gasteiger charge is 2.22. The van der Waals surface area contributed by atoms with Crippen LogP contribution in [0.5, 0.6) is 0 Å². The van der Waals surface area contributed by atoms with Crippen molar-refractivity contribution < 1.29 is 22.7 Å². The van der Waals surface area contributed by atoms with E-state index in [1.54, 1.807) is 39.0 Å². The highest BCUT2D eigenvalue weighted by atomic mass is 32.2. The van der Waals surface area contributed by atoms with E-state index < -0.39 is 28.0 Å². The van der Waals surface area contributed by atoms with Gasteiger partial charge in [-0.25, -0.2) is 13.2 Å². The van der Waals surface area contributed by atoms with Crippen LogP contribution < -0.4 is 10.5 Å². The summed E-state index contributed by atoms with van der Waals surface area (Å²) in [5, 5.41) is 0. The predicted octanol–water partition coefficient (Wildman–Crippen LogP) is 2.75. The van der Waals surface area contributed by atoms with Crippen molar-refractivity contribution in [2.45, 2.75) is 45.6 Å². The molecule has 0 fully saturated rings. The van der Waals surface area contributed by atoms with E-state index in [0.29, 0.717) is 16.7 Å². The van der Waals surface area contributed by atoms with E-state index in [1.165, 1.54) is 19.1 Å². The number of amides is 1. The first-order chi connectivity index (χ1) is 12.9. The lowest BCUT2D eigenvalue weighted by atomic mass is 10.1. The number of nitrogens with two attached hydrogens (primary N) is 1. The summed E-state index contributed by atoms with van der Waals surface area (Å²) in [6.45, 7) is 8.45. The molecule has 1 amide bonds. The lowest BCUT2D eigenvalue weighted by molar-refractivity contribution is -0.125. The zero-order valence-corrected chi connectivity index (χ0v) is 17.3. The molecule has 7 nitrogen and oxygen atoms in total. The van der Waals surface area contributed by atoms with E-state index in [9.17, 15) is 18.0 Å². The largest absolute Gasteiger partial charge is 0.449 e. The molecule has 0 spiro atoms. The number of esters is 1. The number of carbonyl (C=O) groups is 2. The maximum Gasteiger partial charge on any atom is 0.338 e. The minimum absolute atomic E-state index is 0.105. The van der Waals surface area contributed by atoms with Gasteiger partial charge < -0.3 is 10.5 Å². The fraction of sp³-hybridized carbons (Fsp3) is 0.300. The molecule has 2 aromatic rings. The second-order valence-corrected chi connectivity index (χ2v) is 8.43. The standard InChI is InChI=1S/C20H24N2O5S/c1-11-8-13(3)18(14(4)9-11)28(25,26)22-17-10-16(7-6-12(17)2)20(24)27-15(5)19(21)23/h6-10,15,22H,1-5H3,(H2,21,23)/t15-/m1/s1. The average Bonchev–Trinajstić information content (AvgIpc) is 2.55. The van der Waals surface area contributed by atoms with Crippen LogP contribution in [-0.2, 0) is 19.6 Å². The molecule has 0 aliphatic carbocycles. The first-order valence-electron chi connectivity index (χ1n) is 8.64. The van der Waals surface area contributed by atoms with Crippen molar-refractivity contribution in [2.75, 3.05) is 4.72 Å². The molecule has 0 bridgehead atoms. The Labute approximate surface area is 164 Å². The highest BCUT2D eigenvalue weighted by molar-refractivity contribution is 7.92. The predicted molar refractivity (Wildman–Crippen MR) is 107 cm³/mol. The molecule has 2 aromatic carbocycles. The smallest absolute Gasteiger partial charge is 0.338 e. The number of benzene rings is 2. The summed E-state index contributed by atoms with van der Waals surface area (Å²) in [4.78, 5) is 23.5. The van der Waals surface area contributed by atoms with Crippen LogP contribution >= 0.6 is 0 Å². The molecule has 150 valence electrons. The molecular weight excluding hydrogens is 380 g/mol. The molecule has 8 heteroatoms. The fourth-order valence-electron chi connectivity index (χ4n) is 2.93. The number of aryl methyl sites for hydroxylation is 4. The molecule has 1 atom stereocenters. The lowest BCUT2D eigenvalue weighted by Crippen LogP contribution is -2.30. The van der Waals surface area contributed by atoms with E-state index in [-0.39, 0.29) is 16.1 Å². The van der Waals surface area contributed by atoms with Crippen LogP contribution in [0.15, 0.2) is 35.2 Å². The summed E-state index contributed by atoms with van der Waals surface area (Å²) in [6.07, 6.45) is -1.09. The van der Waals surface area contributed by atoms with Crippen LogP contribution in [0.2, 0.25) is 0 Å². The molecule has 0 aliphatic rings. The summed E-state index contributed by atoms with van der Waals surface area (Å²) in [7, 11) is -3.87. The Morgan fingerprint density at radius 1 is 1.00 bits per heavy atom. The molecular formula is C20H24N2O5S. The molecule has 2 rings (SSSR count). The maximum absolute atomic E-state index is 13.0. The third-order valence-corrected chi connectivity index (χ3v) is 5.95. The number of ether oxygens (including phenoxy) is 1. The number of hydrogen-bond donors (Lipinski definition) is 2. The second-order valence-electron chi connectivity index (χ2n) is 6.81. The van der Waals surface area contributed by atoms with Gasteiger partial charge in [0, 0.05) is 0 Å². The van der Waals surface area contributed by atoms with Gasteiger partial charge in [-0.05, 0) is 63.4 Å². The fourth-order valence-corrected chi connectivity index (χ4v) is 4.51. The van der Waals surface area contributed by atoms with Crippen molar-refractivity contribution in [3.63, 3.8) is 0 Å². The molecule has 0 saturated carbocycles. The van der Waals surface area contributed by atoms with Crippen LogP contribution in [0.3, 0.4) is 0 Å². The minimum atomic E-state index is -3.87. The Balaban J connectivity index is 2.39. The van der Waals surface area contributed by atoms with Crippen molar-refractivity contribution in [3.05, 3.63) is 58.1 Å². The zero-order valence-electron chi connectivity index (χ0n) is 16.5. The van der Waals surface area contributed by atoms with Gasteiger partial charge in [0.2, 0.25) is 0 Å². The van der Waals surface area contributed by atoms with Crippen LogP contribution in [-0.4, -0.2) is 26.4 Å². The third kappa shape index (κ3) is 4.69. The number of rotatable bonds is 6. The average molecular weight is 404 g/mol. The molecule has 0 aliphatic heterocycles. The first-order valence-corrected chi connectivity index (χ1v) is 10.1. The number of hydrogen-bond acceptors (Lipinski definition) is 5. The normalized spacial score (nSPS) is 12.3. The molecule has 3 N–H and O–H groups in total. The quantitative estimate of drug-likeness (QED) is 0.718. The number of primary amides is 1. The summed E-state index contributed by atoms with van der Waals surface area (Å²) in [6, 6.07) is 8.06. The third-order valence-electron chi connectivity index (χ3n) is 4.28. The molecule has 0 saturated heterocycles. The van der Waals surface area contributed by atoms with Crippen molar-refractivity contribution >= 4 is 27.6 Å². The molecule has 0 aromatic heterocycles. The first kappa shape index (κ1) is 21.4. The molecule has 28 heavy (non-hydrogen) atoms. The minimum Gasteiger partial charge on any atom is -0.449 e. The lowest BCUT2D eigenvalue weighted by Gasteiger charge is -2.16. The summed E-state index contributed by atoms with van der Waals surface area (Å²) in [5.41, 5.74) is 8.32. The summed E-state index contributed by atoms with van der Waals surface area (Å²) in [5.74, 6) is -1.54. The van der Waals surface area contributed by atoms with E-state index in [2.05, 4.69) is 4.72 Å². The van der Waals surface area contributed by atoms with Gasteiger partial charge in [0.1, 0.15) is 0 Å². The van der Waals surface area contributed by atoms with E-state index in [0.717, 1.165) is 5.56 Å². The Bertz CT molecular complexity index is 1020. The van der Waals surface area contributed by atoms with Crippen LogP contribution in [0.1, 0.15) is 39.5 Å². The van der Waals surface area contributed by atoms with Gasteiger partial charge in [0.05, 0.1) is 16.1 Å². The SMILES string of the molecule is Cc1cc(C)c(S(=O)(=O)Nc2cc(C(=O)O[C@H](C)C(N)=O)ccc2C)c(C)c1. The van der Waals surface area contributed by atoms with Crippen molar-refractivity contribution in [3.8, 4) is 0 Å². The van der Waals surface area contributed by atoms with E-state index >= 15 is 0 Å². The Hall–Kier alpha value is -2.87. The van der Waals surface area contributed by atoms with Crippen molar-refractivity contribution in [2.24, 2.45) is 5.73 Å². The van der Waals surface area contributed by atoms with Crippen LogP contribution in [0, 0.1) is 27.7 Å². The Morgan fingerprint density at radius 3 is 2.11 bits per heavy atom. The maximum atomic E-state index is 13.0. The van der Waals surface area contributed by atoms with Crippen molar-refractivity contribution in [1.82, 2.24) is 0 Å². The number of anilines is 1. The number of carbonyl (C=O) groups excluding carboxylic acids is 2. The molecule has 0 unspecified atom stereocenters. The van der Waals surface area contributed by atoms with E-state index in [4.69, 9.17) is 10.5 Å². The second kappa shape index (κ2) is 8.02.